The predicted octanol–water partition coefficient (Wildman–Crippen LogP) is 4.77. The topological polar surface area (TPSA) is 74.3 Å². The molecule has 1 unspecified atom stereocenters. The van der Waals surface area contributed by atoms with E-state index in [0.29, 0.717) is 26.1 Å². The van der Waals surface area contributed by atoms with Gasteiger partial charge in [0, 0.05) is 40.9 Å². The number of hydrogen-bond donors (Lipinski definition) is 2. The average molecular weight is 451 g/mol. The van der Waals surface area contributed by atoms with Gasteiger partial charge in [0.15, 0.2) is 0 Å². The summed E-state index contributed by atoms with van der Waals surface area (Å²) in [5.74, 6) is -0.393. The molecule has 0 saturated heterocycles. The van der Waals surface area contributed by atoms with E-state index in [1.54, 1.807) is 30.3 Å². The number of hydrogen-bond acceptors (Lipinski definition) is 4. The Morgan fingerprint density at radius 2 is 1.81 bits per heavy atom. The second-order valence-electron chi connectivity index (χ2n) is 7.66. The maximum Gasteiger partial charge on any atom is 0.251 e. The molecule has 7 heteroatoms. The number of aromatic nitrogens is 1. The molecule has 0 aliphatic carbocycles. The fourth-order valence-electron chi connectivity index (χ4n) is 3.59. The maximum atomic E-state index is 12.5. The van der Waals surface area contributed by atoms with E-state index in [1.807, 2.05) is 18.2 Å². The normalized spacial score (nSPS) is 11.6. The molecule has 1 atom stereocenters. The van der Waals surface area contributed by atoms with E-state index in [4.69, 9.17) is 0 Å². The smallest absolute Gasteiger partial charge is 0.251 e. The van der Waals surface area contributed by atoms with Gasteiger partial charge in [0.05, 0.1) is 5.69 Å². The van der Waals surface area contributed by atoms with Crippen molar-refractivity contribution in [1.82, 2.24) is 15.0 Å². The summed E-state index contributed by atoms with van der Waals surface area (Å²) in [6.45, 7) is 7.84. The Bertz CT molecular complexity index is 1070. The second kappa shape index (κ2) is 12.2. The third-order valence-electron chi connectivity index (χ3n) is 5.08. The van der Waals surface area contributed by atoms with Gasteiger partial charge in [-0.05, 0) is 64.6 Å². The highest BCUT2D eigenvalue weighted by atomic mass is 31.0. The van der Waals surface area contributed by atoms with Crippen LogP contribution in [0.3, 0.4) is 0 Å². The van der Waals surface area contributed by atoms with E-state index >= 15 is 0 Å². The van der Waals surface area contributed by atoms with Crippen molar-refractivity contribution in [2.45, 2.75) is 26.7 Å². The third-order valence-corrected chi connectivity index (χ3v) is 6.11. The molecular weight excluding hydrogens is 419 g/mol. The molecule has 3 rings (SSSR count). The Morgan fingerprint density at radius 1 is 1.03 bits per heavy atom. The molecule has 3 aromatic rings. The average Bonchev–Trinajstić information content (AvgIpc) is 3.21. The van der Waals surface area contributed by atoms with Gasteiger partial charge in [-0.25, -0.2) is 4.75 Å². The highest BCUT2D eigenvalue weighted by Crippen LogP contribution is 2.26. The fraction of sp³-hybridized carbons (Fsp3) is 0.320. The van der Waals surface area contributed by atoms with Gasteiger partial charge in [0.2, 0.25) is 5.91 Å². The number of carbonyl (C=O) groups excluding carboxylic acids is 2. The zero-order chi connectivity index (χ0) is 22.8. The van der Waals surface area contributed by atoms with Crippen molar-refractivity contribution < 1.29 is 9.59 Å². The minimum Gasteiger partial charge on any atom is -0.351 e. The molecule has 1 aromatic heterocycles. The first-order chi connectivity index (χ1) is 15.6. The highest BCUT2D eigenvalue weighted by molar-refractivity contribution is 7.32. The monoisotopic (exact) mass is 450 g/mol. The van der Waals surface area contributed by atoms with E-state index in [1.165, 1.54) is 11.2 Å². The van der Waals surface area contributed by atoms with Crippen molar-refractivity contribution >= 4 is 42.4 Å². The molecule has 6 nitrogen and oxygen atoms in total. The first-order valence-corrected chi connectivity index (χ1v) is 12.1. The maximum absolute atomic E-state index is 12.5. The minimum atomic E-state index is -0.257. The molecule has 2 amide bonds. The summed E-state index contributed by atoms with van der Waals surface area (Å²) < 4.78 is 4.51. The lowest BCUT2D eigenvalue weighted by Crippen LogP contribution is -2.35. The molecule has 0 aliphatic heterocycles. The van der Waals surface area contributed by atoms with Crippen LogP contribution in [-0.4, -0.2) is 47.6 Å². The minimum absolute atomic E-state index is 0.137. The first kappa shape index (κ1) is 23.7. The van der Waals surface area contributed by atoms with Gasteiger partial charge in [0.25, 0.3) is 5.91 Å². The van der Waals surface area contributed by atoms with E-state index < -0.39 is 0 Å². The van der Waals surface area contributed by atoms with Crippen molar-refractivity contribution in [3.63, 3.8) is 0 Å². The van der Waals surface area contributed by atoms with Crippen LogP contribution in [0.25, 0.3) is 16.6 Å². The number of benzene rings is 2. The van der Waals surface area contributed by atoms with Gasteiger partial charge >= 0.3 is 0 Å². The van der Waals surface area contributed by atoms with Crippen molar-refractivity contribution in [2.75, 3.05) is 31.5 Å². The van der Waals surface area contributed by atoms with E-state index in [0.717, 1.165) is 43.6 Å². The molecule has 0 fully saturated rings. The van der Waals surface area contributed by atoms with Crippen LogP contribution in [0.5, 0.6) is 0 Å². The number of anilines is 1. The predicted molar refractivity (Wildman–Crippen MR) is 135 cm³/mol. The van der Waals surface area contributed by atoms with Crippen molar-refractivity contribution in [3.8, 4) is 0 Å². The Hall–Kier alpha value is -2.95. The summed E-state index contributed by atoms with van der Waals surface area (Å²) in [6, 6.07) is 15.0. The lowest BCUT2D eigenvalue weighted by Gasteiger charge is -2.20. The van der Waals surface area contributed by atoms with Gasteiger partial charge < -0.3 is 15.5 Å². The summed E-state index contributed by atoms with van der Waals surface area (Å²) in [7, 11) is 0.387. The molecular formula is C25H31N4O2P. The Kier molecular flexibility index (Phi) is 9.02. The first-order valence-electron chi connectivity index (χ1n) is 11.1. The van der Waals surface area contributed by atoms with Gasteiger partial charge in [-0.2, -0.15) is 0 Å². The van der Waals surface area contributed by atoms with Crippen molar-refractivity contribution in [3.05, 3.63) is 65.9 Å². The number of fused-ring (bicyclic) bond motifs is 1. The Morgan fingerprint density at radius 3 is 2.59 bits per heavy atom. The van der Waals surface area contributed by atoms with Gasteiger partial charge in [0.1, 0.15) is 0 Å². The summed E-state index contributed by atoms with van der Waals surface area (Å²) >= 11 is 0. The molecule has 0 spiro atoms. The number of carbonyl (C=O) groups is 2. The summed E-state index contributed by atoms with van der Waals surface area (Å²) in [5.41, 5.74) is 1.93. The molecule has 0 bridgehead atoms. The lowest BCUT2D eigenvalue weighted by molar-refractivity contribution is -0.111. The lowest BCUT2D eigenvalue weighted by atomic mass is 10.2. The van der Waals surface area contributed by atoms with Crippen LogP contribution in [0.4, 0.5) is 5.69 Å². The van der Waals surface area contributed by atoms with Crippen LogP contribution in [-0.2, 0) is 4.79 Å². The van der Waals surface area contributed by atoms with Crippen molar-refractivity contribution in [1.29, 1.82) is 0 Å². The third kappa shape index (κ3) is 6.78. The summed E-state index contributed by atoms with van der Waals surface area (Å²) in [4.78, 5) is 27.3. The molecule has 2 aromatic carbocycles. The van der Waals surface area contributed by atoms with Crippen LogP contribution in [0.15, 0.2) is 54.6 Å². The Labute approximate surface area is 191 Å². The molecule has 32 heavy (non-hydrogen) atoms. The van der Waals surface area contributed by atoms with Gasteiger partial charge in [-0.1, -0.05) is 38.1 Å². The van der Waals surface area contributed by atoms with Crippen LogP contribution in [0.1, 0.15) is 42.7 Å². The largest absolute Gasteiger partial charge is 0.351 e. The van der Waals surface area contributed by atoms with E-state index in [-0.39, 0.29) is 11.8 Å². The van der Waals surface area contributed by atoms with Crippen LogP contribution < -0.4 is 10.6 Å². The number of amides is 2. The van der Waals surface area contributed by atoms with Crippen LogP contribution in [0, 0.1) is 0 Å². The number of nitrogens with zero attached hydrogens (tertiary/aromatic N) is 2. The van der Waals surface area contributed by atoms with E-state index in [9.17, 15) is 9.59 Å². The zero-order valence-corrected chi connectivity index (χ0v) is 19.7. The standard InChI is InChI=1S/C25H31N4O2P/c1-3-15-29(16-4-2)17-14-26-25(31)19-8-7-9-20(18-19)27-24(30)13-12-22-21-10-5-6-11-23(21)32-28-22/h5-13,18,32H,3-4,14-17H2,1-2H3,(H,26,31)(H,27,30)/b13-12+. The fourth-order valence-corrected chi connectivity index (χ4v) is 4.52. The number of nitrogens with one attached hydrogen (secondary N) is 2. The molecule has 0 saturated carbocycles. The quantitative estimate of drug-likeness (QED) is 0.413. The molecule has 168 valence electrons. The van der Waals surface area contributed by atoms with E-state index in [2.05, 4.69) is 40.2 Å². The summed E-state index contributed by atoms with van der Waals surface area (Å²) in [5, 5.41) is 8.07. The SMILES string of the molecule is CCCN(CCC)CCNC(=O)c1cccc(NC(=O)/C=C/c2n[pH]c3ccccc23)c1. The molecule has 2 N–H and O–H groups in total. The highest BCUT2D eigenvalue weighted by Gasteiger charge is 2.09. The van der Waals surface area contributed by atoms with Crippen LogP contribution in [0.2, 0.25) is 0 Å². The van der Waals surface area contributed by atoms with Crippen molar-refractivity contribution in [2.24, 2.45) is 0 Å². The zero-order valence-electron chi connectivity index (χ0n) is 18.7. The molecule has 0 aliphatic rings. The Balaban J connectivity index is 1.54. The molecule has 0 radical (unpaired) electrons. The van der Waals surface area contributed by atoms with Crippen LogP contribution >= 0.6 is 8.35 Å². The second-order valence-corrected chi connectivity index (χ2v) is 8.64. The van der Waals surface area contributed by atoms with Gasteiger partial charge in [-0.3, -0.25) is 9.59 Å². The molecule has 1 heterocycles. The summed E-state index contributed by atoms with van der Waals surface area (Å²) in [6.07, 6.45) is 5.42. The number of rotatable bonds is 11. The van der Waals surface area contributed by atoms with Gasteiger partial charge in [-0.15, -0.1) is 0 Å².